The first kappa shape index (κ1) is 26.9. The van der Waals surface area contributed by atoms with E-state index in [4.69, 9.17) is 4.99 Å². The molecule has 1 rings (SSSR count). The van der Waals surface area contributed by atoms with Crippen molar-refractivity contribution >= 4 is 17.5 Å². The molecule has 1 nitrogen and oxygen atoms in total. The summed E-state index contributed by atoms with van der Waals surface area (Å²) in [6.45, 7) is 22.1. The van der Waals surface area contributed by atoms with Gasteiger partial charge in [0, 0.05) is 5.71 Å². The lowest BCUT2D eigenvalue weighted by Gasteiger charge is -2.17. The Labute approximate surface area is 192 Å². The molecule has 31 heavy (non-hydrogen) atoms. The summed E-state index contributed by atoms with van der Waals surface area (Å²) in [6, 6.07) is 6.61. The number of hydrogen-bond acceptors (Lipinski definition) is 1. The van der Waals surface area contributed by atoms with Gasteiger partial charge in [0.25, 0.3) is 0 Å². The Morgan fingerprint density at radius 3 is 2.42 bits per heavy atom. The van der Waals surface area contributed by atoms with E-state index >= 15 is 0 Å². The van der Waals surface area contributed by atoms with Crippen LogP contribution in [0.2, 0.25) is 0 Å². The zero-order chi connectivity index (χ0) is 23.4. The van der Waals surface area contributed by atoms with E-state index in [2.05, 4.69) is 98.4 Å². The molecule has 1 atom stereocenters. The molecule has 1 aromatic carbocycles. The van der Waals surface area contributed by atoms with Crippen LogP contribution < -0.4 is 0 Å². The fourth-order valence-electron chi connectivity index (χ4n) is 3.73. The lowest BCUT2D eigenvalue weighted by Crippen LogP contribution is -2.11. The number of aryl methyl sites for hydroxylation is 1. The quantitative estimate of drug-likeness (QED) is 0.236. The molecule has 0 radical (unpaired) electrons. The summed E-state index contributed by atoms with van der Waals surface area (Å²) in [5.41, 5.74) is 10.2. The third-order valence-corrected chi connectivity index (χ3v) is 6.37. The second kappa shape index (κ2) is 14.0. The molecule has 0 bridgehead atoms. The van der Waals surface area contributed by atoms with E-state index in [0.717, 1.165) is 37.8 Å². The average Bonchev–Trinajstić information content (AvgIpc) is 2.77. The molecular formula is C30H45N. The fraction of sp³-hybridized carbons (Fsp3) is 0.500. The molecule has 0 aliphatic carbocycles. The number of hydrogen-bond donors (Lipinski definition) is 0. The van der Waals surface area contributed by atoms with Gasteiger partial charge in [-0.3, -0.25) is 4.99 Å². The Morgan fingerprint density at radius 1 is 1.13 bits per heavy atom. The van der Waals surface area contributed by atoms with E-state index in [0.29, 0.717) is 5.92 Å². The maximum absolute atomic E-state index is 5.18. The van der Waals surface area contributed by atoms with E-state index in [1.165, 1.54) is 45.6 Å². The van der Waals surface area contributed by atoms with Crippen molar-refractivity contribution in [3.8, 4) is 0 Å². The standard InChI is InChI=1S/C30H45N/c1-10-14-15-16-27-19-17-25(8)30(21-27)31-29(23(6)12-3)20-18-24(7)26(9)28(13-4)22(5)11-2/h11,15-17,19,21,23H,7,10,12-14,18,20H2,1-6,8-9H3/b16-15+,22-11-,28-26-,31-29?. The zero-order valence-corrected chi connectivity index (χ0v) is 21.4. The molecule has 0 heterocycles. The van der Waals surface area contributed by atoms with E-state index in [1.807, 2.05) is 0 Å². The number of rotatable bonds is 12. The summed E-state index contributed by atoms with van der Waals surface area (Å²) in [6.07, 6.45) is 13.0. The molecule has 0 amide bonds. The Hall–Kier alpha value is -2.15. The molecule has 1 heteroatoms. The van der Waals surface area contributed by atoms with Crippen molar-refractivity contribution in [3.05, 3.63) is 70.3 Å². The summed E-state index contributed by atoms with van der Waals surface area (Å²) in [5.74, 6) is 0.471. The summed E-state index contributed by atoms with van der Waals surface area (Å²) >= 11 is 0. The minimum absolute atomic E-state index is 0.471. The first-order chi connectivity index (χ1) is 14.8. The lowest BCUT2D eigenvalue weighted by molar-refractivity contribution is 0.718. The predicted molar refractivity (Wildman–Crippen MR) is 142 cm³/mol. The average molecular weight is 420 g/mol. The first-order valence-corrected chi connectivity index (χ1v) is 12.1. The SMILES string of the molecule is C=C(CCC(=Nc1cc(/C=C/CCC)ccc1C)C(C)CC)/C(C)=C(CC)\C(C)=C/C. The third kappa shape index (κ3) is 8.48. The van der Waals surface area contributed by atoms with Crippen LogP contribution >= 0.6 is 0 Å². The zero-order valence-electron chi connectivity index (χ0n) is 21.4. The van der Waals surface area contributed by atoms with Crippen molar-refractivity contribution in [2.45, 2.75) is 93.9 Å². The van der Waals surface area contributed by atoms with Crippen molar-refractivity contribution < 1.29 is 0 Å². The number of allylic oxidation sites excluding steroid dienone is 6. The largest absolute Gasteiger partial charge is 0.257 e. The molecule has 1 aromatic rings. The van der Waals surface area contributed by atoms with Crippen LogP contribution in [-0.4, -0.2) is 5.71 Å². The van der Waals surface area contributed by atoms with E-state index in [9.17, 15) is 0 Å². The van der Waals surface area contributed by atoms with Gasteiger partial charge in [-0.05, 0) is 94.1 Å². The first-order valence-electron chi connectivity index (χ1n) is 12.1. The van der Waals surface area contributed by atoms with Crippen LogP contribution in [-0.2, 0) is 0 Å². The van der Waals surface area contributed by atoms with Crippen molar-refractivity contribution in [1.82, 2.24) is 0 Å². The molecule has 1 unspecified atom stereocenters. The number of benzene rings is 1. The monoisotopic (exact) mass is 419 g/mol. The van der Waals surface area contributed by atoms with Gasteiger partial charge < -0.3 is 0 Å². The molecule has 0 saturated heterocycles. The van der Waals surface area contributed by atoms with Gasteiger partial charge in [-0.1, -0.05) is 82.2 Å². The van der Waals surface area contributed by atoms with Gasteiger partial charge >= 0.3 is 0 Å². The Bertz CT molecular complexity index is 845. The molecule has 0 N–H and O–H groups in total. The van der Waals surface area contributed by atoms with Crippen LogP contribution in [0.15, 0.2) is 64.2 Å². The van der Waals surface area contributed by atoms with Crippen LogP contribution in [0, 0.1) is 12.8 Å². The van der Waals surface area contributed by atoms with Gasteiger partial charge in [0.2, 0.25) is 0 Å². The lowest BCUT2D eigenvalue weighted by atomic mass is 9.90. The van der Waals surface area contributed by atoms with Gasteiger partial charge in [0.15, 0.2) is 0 Å². The van der Waals surface area contributed by atoms with Crippen LogP contribution in [0.5, 0.6) is 0 Å². The Balaban J connectivity index is 3.15. The molecule has 170 valence electrons. The Morgan fingerprint density at radius 2 is 1.84 bits per heavy atom. The second-order valence-corrected chi connectivity index (χ2v) is 8.68. The second-order valence-electron chi connectivity index (χ2n) is 8.68. The highest BCUT2D eigenvalue weighted by molar-refractivity contribution is 5.89. The summed E-state index contributed by atoms with van der Waals surface area (Å²) in [7, 11) is 0. The highest BCUT2D eigenvalue weighted by Crippen LogP contribution is 2.28. The maximum Gasteiger partial charge on any atom is 0.0664 e. The summed E-state index contributed by atoms with van der Waals surface area (Å²) in [4.78, 5) is 5.18. The normalized spacial score (nSPS) is 14.7. The van der Waals surface area contributed by atoms with Crippen molar-refractivity contribution in [2.75, 3.05) is 0 Å². The van der Waals surface area contributed by atoms with E-state index in [1.54, 1.807) is 0 Å². The highest BCUT2D eigenvalue weighted by atomic mass is 14.8. The third-order valence-electron chi connectivity index (χ3n) is 6.37. The predicted octanol–water partition coefficient (Wildman–Crippen LogP) is 9.96. The van der Waals surface area contributed by atoms with Crippen molar-refractivity contribution in [3.63, 3.8) is 0 Å². The number of aliphatic imine (C=N–C) groups is 1. The molecular weight excluding hydrogens is 374 g/mol. The summed E-state index contributed by atoms with van der Waals surface area (Å²) in [5, 5.41) is 0. The van der Waals surface area contributed by atoms with Gasteiger partial charge in [0.05, 0.1) is 5.69 Å². The molecule has 0 aromatic heterocycles. The Kier molecular flexibility index (Phi) is 12.2. The molecule has 0 aliphatic heterocycles. The van der Waals surface area contributed by atoms with Crippen LogP contribution in [0.3, 0.4) is 0 Å². The van der Waals surface area contributed by atoms with Crippen molar-refractivity contribution in [2.24, 2.45) is 10.9 Å². The maximum atomic E-state index is 5.18. The van der Waals surface area contributed by atoms with Gasteiger partial charge in [0.1, 0.15) is 0 Å². The molecule has 0 aliphatic rings. The van der Waals surface area contributed by atoms with E-state index < -0.39 is 0 Å². The number of unbranched alkanes of at least 4 members (excludes halogenated alkanes) is 1. The van der Waals surface area contributed by atoms with Crippen molar-refractivity contribution in [1.29, 1.82) is 0 Å². The molecule has 0 saturated carbocycles. The van der Waals surface area contributed by atoms with Crippen LogP contribution in [0.1, 0.15) is 98.1 Å². The van der Waals surface area contributed by atoms with Gasteiger partial charge in [-0.25, -0.2) is 0 Å². The van der Waals surface area contributed by atoms with Crippen LogP contribution in [0.25, 0.3) is 6.08 Å². The molecule has 0 spiro atoms. The number of nitrogens with zero attached hydrogens (tertiary/aromatic N) is 1. The topological polar surface area (TPSA) is 12.4 Å². The minimum Gasteiger partial charge on any atom is -0.257 e. The van der Waals surface area contributed by atoms with E-state index in [-0.39, 0.29) is 0 Å². The summed E-state index contributed by atoms with van der Waals surface area (Å²) < 4.78 is 0. The molecule has 0 fully saturated rings. The fourth-order valence-corrected chi connectivity index (χ4v) is 3.73. The van der Waals surface area contributed by atoms with Crippen LogP contribution in [0.4, 0.5) is 5.69 Å². The van der Waals surface area contributed by atoms with Gasteiger partial charge in [-0.2, -0.15) is 0 Å². The smallest absolute Gasteiger partial charge is 0.0664 e. The highest BCUT2D eigenvalue weighted by Gasteiger charge is 2.13. The minimum atomic E-state index is 0.471. The van der Waals surface area contributed by atoms with Gasteiger partial charge in [-0.15, -0.1) is 0 Å².